The summed E-state index contributed by atoms with van der Waals surface area (Å²) in [7, 11) is -4.25. The van der Waals surface area contributed by atoms with Gasteiger partial charge in [0.15, 0.2) is 17.8 Å². The van der Waals surface area contributed by atoms with Crippen molar-refractivity contribution in [3.63, 3.8) is 0 Å². The average molecular weight is 711 g/mol. The Morgan fingerprint density at radius 2 is 1.76 bits per heavy atom. The predicted molar refractivity (Wildman–Crippen MR) is 184 cm³/mol. The summed E-state index contributed by atoms with van der Waals surface area (Å²) in [5.41, 5.74) is 1.99. The molecule has 3 N–H and O–H groups in total. The van der Waals surface area contributed by atoms with E-state index in [0.29, 0.717) is 36.9 Å². The quantitative estimate of drug-likeness (QED) is 0.179. The molecule has 3 heterocycles. The second kappa shape index (κ2) is 16.0. The number of amides is 1. The second-order valence-corrected chi connectivity index (χ2v) is 15.4. The Bertz CT molecular complexity index is 1690. The molecule has 2 fully saturated rings. The summed E-state index contributed by atoms with van der Waals surface area (Å²) < 4.78 is 59.1. The van der Waals surface area contributed by atoms with Crippen molar-refractivity contribution in [2.45, 2.75) is 68.9 Å². The minimum atomic E-state index is -4.25. The van der Waals surface area contributed by atoms with Gasteiger partial charge in [0, 0.05) is 24.4 Å². The predicted octanol–water partition coefficient (Wildman–Crippen LogP) is 4.69. The molecule has 0 spiro atoms. The fraction of sp³-hybridized carbons (Fsp3) is 0.486. The van der Waals surface area contributed by atoms with Crippen LogP contribution in [0.25, 0.3) is 0 Å². The van der Waals surface area contributed by atoms with E-state index in [1.54, 1.807) is 6.07 Å². The molecule has 1 amide bonds. The number of rotatable bonds is 16. The molecular formula is C37H46N2O10S. The highest BCUT2D eigenvalue weighted by Crippen LogP contribution is 2.42. The summed E-state index contributed by atoms with van der Waals surface area (Å²) >= 11 is 0. The van der Waals surface area contributed by atoms with Crippen molar-refractivity contribution in [2.24, 2.45) is 17.8 Å². The lowest BCUT2D eigenvalue weighted by atomic mass is 9.81. The first-order chi connectivity index (χ1) is 24.1. The number of sulfonamides is 1. The van der Waals surface area contributed by atoms with Gasteiger partial charge >= 0.3 is 6.09 Å². The minimum absolute atomic E-state index is 0.0116. The van der Waals surface area contributed by atoms with Crippen LogP contribution in [-0.4, -0.2) is 86.7 Å². The summed E-state index contributed by atoms with van der Waals surface area (Å²) in [4.78, 5) is 12.1. The Morgan fingerprint density at radius 1 is 1.00 bits per heavy atom. The smallest absolute Gasteiger partial charge is 0.404 e. The maximum atomic E-state index is 14.6. The van der Waals surface area contributed by atoms with E-state index in [0.717, 1.165) is 18.4 Å². The van der Waals surface area contributed by atoms with Gasteiger partial charge < -0.3 is 39.2 Å². The minimum Gasteiger partial charge on any atom is -0.494 e. The van der Waals surface area contributed by atoms with Gasteiger partial charge in [0.2, 0.25) is 16.8 Å². The van der Waals surface area contributed by atoms with Crippen LogP contribution in [0.15, 0.2) is 77.7 Å². The zero-order valence-electron chi connectivity index (χ0n) is 28.3. The van der Waals surface area contributed by atoms with E-state index in [4.69, 9.17) is 23.7 Å². The summed E-state index contributed by atoms with van der Waals surface area (Å²) in [5.74, 6) is 0.661. The maximum Gasteiger partial charge on any atom is 0.404 e. The molecule has 6 rings (SSSR count). The molecule has 270 valence electrons. The molecular weight excluding hydrogens is 664 g/mol. The van der Waals surface area contributed by atoms with Crippen molar-refractivity contribution < 1.29 is 47.1 Å². The Labute approximate surface area is 293 Å². The lowest BCUT2D eigenvalue weighted by Gasteiger charge is -2.42. The largest absolute Gasteiger partial charge is 0.494 e. The molecule has 12 nitrogen and oxygen atoms in total. The lowest BCUT2D eigenvalue weighted by molar-refractivity contribution is -0.0907. The molecule has 13 heteroatoms. The maximum absolute atomic E-state index is 14.6. The third-order valence-electron chi connectivity index (χ3n) is 9.52. The number of carbonyl (C=O) groups is 1. The zero-order chi connectivity index (χ0) is 35.3. The topological polar surface area (TPSA) is 153 Å². The number of nitrogens with one attached hydrogen (secondary N) is 1. The van der Waals surface area contributed by atoms with E-state index in [2.05, 4.69) is 17.4 Å². The summed E-state index contributed by atoms with van der Waals surface area (Å²) in [6, 6.07) is 19.8. The van der Waals surface area contributed by atoms with Gasteiger partial charge in [-0.1, -0.05) is 56.3 Å². The number of carboxylic acid groups (broad SMARTS) is 1. The van der Waals surface area contributed by atoms with Gasteiger partial charge in [-0.2, -0.15) is 4.31 Å². The molecule has 0 saturated carbocycles. The van der Waals surface area contributed by atoms with Gasteiger partial charge in [-0.15, -0.1) is 0 Å². The van der Waals surface area contributed by atoms with E-state index in [9.17, 15) is 23.4 Å². The number of ether oxygens (including phenoxy) is 5. The van der Waals surface area contributed by atoms with Crippen LogP contribution < -0.4 is 19.5 Å². The molecule has 3 aliphatic rings. The molecule has 3 aromatic rings. The van der Waals surface area contributed by atoms with Crippen LogP contribution in [0.5, 0.6) is 17.2 Å². The second-order valence-electron chi connectivity index (χ2n) is 13.5. The number of nitrogens with zero attached hydrogens (tertiary/aromatic N) is 1. The van der Waals surface area contributed by atoms with Gasteiger partial charge in [-0.25, -0.2) is 13.2 Å². The first-order valence-electron chi connectivity index (χ1n) is 17.2. The van der Waals surface area contributed by atoms with Gasteiger partial charge in [0.25, 0.3) is 0 Å². The van der Waals surface area contributed by atoms with Crippen molar-refractivity contribution in [1.82, 2.24) is 9.62 Å². The van der Waals surface area contributed by atoms with Crippen LogP contribution in [0.4, 0.5) is 4.79 Å². The van der Waals surface area contributed by atoms with Crippen LogP contribution >= 0.6 is 0 Å². The first kappa shape index (κ1) is 35.9. The highest BCUT2D eigenvalue weighted by molar-refractivity contribution is 7.89. The van der Waals surface area contributed by atoms with E-state index >= 15 is 0 Å². The summed E-state index contributed by atoms with van der Waals surface area (Å²) in [6.45, 7) is 5.00. The number of hydrogen-bond acceptors (Lipinski definition) is 9. The van der Waals surface area contributed by atoms with Crippen LogP contribution in [0, 0.1) is 17.8 Å². The number of aliphatic hydroxyl groups is 1. The molecule has 0 aliphatic carbocycles. The van der Waals surface area contributed by atoms with E-state index < -0.39 is 46.5 Å². The molecule has 6 atom stereocenters. The van der Waals surface area contributed by atoms with E-state index in [-0.39, 0.29) is 43.1 Å². The number of fused-ring (bicyclic) bond motifs is 2. The van der Waals surface area contributed by atoms with Crippen LogP contribution in [0.1, 0.15) is 37.8 Å². The normalized spacial score (nSPS) is 21.6. The van der Waals surface area contributed by atoms with Crippen LogP contribution in [0.3, 0.4) is 0 Å². The molecule has 0 bridgehead atoms. The Kier molecular flexibility index (Phi) is 11.5. The average Bonchev–Trinajstić information content (AvgIpc) is 3.85. The fourth-order valence-corrected chi connectivity index (χ4v) is 9.00. The van der Waals surface area contributed by atoms with Crippen molar-refractivity contribution in [3.05, 3.63) is 83.9 Å². The molecule has 3 aromatic carbocycles. The van der Waals surface area contributed by atoms with Crippen molar-refractivity contribution >= 4 is 16.1 Å². The van der Waals surface area contributed by atoms with Crippen molar-refractivity contribution in [2.75, 3.05) is 33.2 Å². The highest BCUT2D eigenvalue weighted by Gasteiger charge is 2.52. The summed E-state index contributed by atoms with van der Waals surface area (Å²) in [6.07, 6.45) is -0.810. The van der Waals surface area contributed by atoms with E-state index in [1.165, 1.54) is 22.0 Å². The fourth-order valence-electron chi connectivity index (χ4n) is 7.14. The summed E-state index contributed by atoms with van der Waals surface area (Å²) in [5, 5.41) is 24.7. The van der Waals surface area contributed by atoms with Crippen molar-refractivity contribution in [3.8, 4) is 17.2 Å². The Balaban J connectivity index is 1.26. The molecule has 3 aliphatic heterocycles. The SMILES string of the molecule is CC(C)CN(C([C@H](O)[C@H](Cc1ccc(OCCCc2ccccc2)cc1)NC(=O)O)[C@@H]1CO[C@H]2OCC[C@H]21)S(=O)(=O)c1ccc2c(c1)OCO2. The molecule has 0 radical (unpaired) electrons. The number of aliphatic hydroxyl groups excluding tert-OH is 1. The Hall–Kier alpha value is -3.88. The van der Waals surface area contributed by atoms with Gasteiger partial charge in [0.1, 0.15) is 5.75 Å². The third-order valence-corrected chi connectivity index (χ3v) is 11.4. The number of aryl methyl sites for hydroxylation is 1. The standard InChI is InChI=1S/C37H46N2O10S/c1-24(2)21-39(50(43,44)28-14-15-32-33(20-28)49-23-48-32)34(30-22-47-36-29(30)16-18-46-36)35(40)31(38-37(41)42)19-26-10-12-27(13-11-26)45-17-6-9-25-7-4-3-5-8-25/h3-5,7-8,10-15,20,24,29-31,34-36,38,40H,6,9,16-19,21-23H2,1-2H3,(H,41,42)/t29-,30+,31-,34?,35+,36+/m0/s1. The van der Waals surface area contributed by atoms with Gasteiger partial charge in [-0.05, 0) is 67.0 Å². The Morgan fingerprint density at radius 3 is 2.50 bits per heavy atom. The first-order valence-corrected chi connectivity index (χ1v) is 18.6. The van der Waals surface area contributed by atoms with Gasteiger partial charge in [0.05, 0.1) is 42.9 Å². The van der Waals surface area contributed by atoms with Crippen LogP contribution in [-0.2, 0) is 32.3 Å². The molecule has 2 saturated heterocycles. The zero-order valence-corrected chi connectivity index (χ0v) is 29.2. The van der Waals surface area contributed by atoms with Gasteiger partial charge in [-0.3, -0.25) is 0 Å². The number of hydrogen-bond donors (Lipinski definition) is 3. The molecule has 50 heavy (non-hydrogen) atoms. The molecule has 1 unspecified atom stereocenters. The monoisotopic (exact) mass is 710 g/mol. The third kappa shape index (κ3) is 8.35. The van der Waals surface area contributed by atoms with E-state index in [1.807, 2.05) is 56.3 Å². The lowest BCUT2D eigenvalue weighted by Crippen LogP contribution is -2.60. The molecule has 0 aromatic heterocycles. The van der Waals surface area contributed by atoms with Crippen molar-refractivity contribution in [1.29, 1.82) is 0 Å². The number of benzene rings is 3. The van der Waals surface area contributed by atoms with Crippen LogP contribution in [0.2, 0.25) is 0 Å². The highest BCUT2D eigenvalue weighted by atomic mass is 32.2.